The Morgan fingerprint density at radius 3 is 2.77 bits per heavy atom. The molecule has 0 bridgehead atoms. The number of hydrogen-bond acceptors (Lipinski definition) is 7. The van der Waals surface area contributed by atoms with E-state index in [1.54, 1.807) is 17.7 Å². The van der Waals surface area contributed by atoms with E-state index in [1.807, 2.05) is 6.07 Å². The van der Waals surface area contributed by atoms with Crippen LogP contribution in [0.3, 0.4) is 0 Å². The van der Waals surface area contributed by atoms with Gasteiger partial charge in [-0.05, 0) is 24.2 Å². The summed E-state index contributed by atoms with van der Waals surface area (Å²) in [5, 5.41) is 3.31. The number of hydrogen-bond donors (Lipinski definition) is 0. The fourth-order valence-corrected chi connectivity index (χ4v) is 4.56. The zero-order valence-electron chi connectivity index (χ0n) is 14.6. The molecular weight excluding hydrogens is 348 g/mol. The highest BCUT2D eigenvalue weighted by Crippen LogP contribution is 2.42. The fourth-order valence-electron chi connectivity index (χ4n) is 3.65. The molecule has 3 aromatic rings. The van der Waals surface area contributed by atoms with Gasteiger partial charge in [0, 0.05) is 37.1 Å². The van der Waals surface area contributed by atoms with Gasteiger partial charge in [-0.25, -0.2) is 9.97 Å². The van der Waals surface area contributed by atoms with E-state index in [9.17, 15) is 0 Å². The summed E-state index contributed by atoms with van der Waals surface area (Å²) in [5.41, 5.74) is 2.28. The predicted molar refractivity (Wildman–Crippen MR) is 103 cm³/mol. The van der Waals surface area contributed by atoms with Crippen LogP contribution in [-0.4, -0.2) is 54.4 Å². The average molecular weight is 368 g/mol. The van der Waals surface area contributed by atoms with E-state index in [0.717, 1.165) is 71.4 Å². The number of anilines is 1. The standard InChI is InChI=1S/C19H20N4O2S/c1-2-22-5-7-23(8-6-22)18-17-14(10-26-19(17)21-11-20-18)13-3-4-15-16(9-13)25-12-24-15/h3-4,9-11H,2,5-8,12H2,1H3. The molecule has 0 radical (unpaired) electrons. The Morgan fingerprint density at radius 1 is 1.08 bits per heavy atom. The third-order valence-electron chi connectivity index (χ3n) is 5.15. The van der Waals surface area contributed by atoms with Crippen molar-refractivity contribution < 1.29 is 9.47 Å². The lowest BCUT2D eigenvalue weighted by atomic mass is 10.0. The maximum atomic E-state index is 5.55. The topological polar surface area (TPSA) is 50.7 Å². The first-order valence-corrected chi connectivity index (χ1v) is 9.81. The smallest absolute Gasteiger partial charge is 0.231 e. The lowest BCUT2D eigenvalue weighted by Gasteiger charge is -2.35. The van der Waals surface area contributed by atoms with Gasteiger partial charge in [-0.15, -0.1) is 11.3 Å². The van der Waals surface area contributed by atoms with E-state index in [1.165, 1.54) is 0 Å². The Hall–Kier alpha value is -2.38. The molecule has 6 nitrogen and oxygen atoms in total. The van der Waals surface area contributed by atoms with Crippen LogP contribution >= 0.6 is 11.3 Å². The number of piperazine rings is 1. The van der Waals surface area contributed by atoms with Crippen molar-refractivity contribution in [1.82, 2.24) is 14.9 Å². The van der Waals surface area contributed by atoms with E-state index in [0.29, 0.717) is 6.79 Å². The van der Waals surface area contributed by atoms with Gasteiger partial charge in [0.1, 0.15) is 17.0 Å². The van der Waals surface area contributed by atoms with Crippen molar-refractivity contribution in [3.8, 4) is 22.6 Å². The van der Waals surface area contributed by atoms with Crippen LogP contribution < -0.4 is 14.4 Å². The molecule has 0 aliphatic carbocycles. The van der Waals surface area contributed by atoms with Gasteiger partial charge >= 0.3 is 0 Å². The molecule has 1 saturated heterocycles. The van der Waals surface area contributed by atoms with E-state index >= 15 is 0 Å². The van der Waals surface area contributed by atoms with Crippen molar-refractivity contribution in [2.24, 2.45) is 0 Å². The van der Waals surface area contributed by atoms with Gasteiger partial charge in [0.15, 0.2) is 11.5 Å². The second-order valence-electron chi connectivity index (χ2n) is 6.52. The van der Waals surface area contributed by atoms with Crippen molar-refractivity contribution in [2.45, 2.75) is 6.92 Å². The first-order chi connectivity index (χ1) is 12.8. The molecule has 2 aliphatic heterocycles. The maximum Gasteiger partial charge on any atom is 0.231 e. The largest absolute Gasteiger partial charge is 0.454 e. The molecule has 0 spiro atoms. The summed E-state index contributed by atoms with van der Waals surface area (Å²) in [7, 11) is 0. The minimum Gasteiger partial charge on any atom is -0.454 e. The number of nitrogens with zero attached hydrogens (tertiary/aromatic N) is 4. The highest BCUT2D eigenvalue weighted by atomic mass is 32.1. The highest BCUT2D eigenvalue weighted by Gasteiger charge is 2.22. The molecule has 5 rings (SSSR count). The summed E-state index contributed by atoms with van der Waals surface area (Å²) in [6, 6.07) is 6.11. The SMILES string of the molecule is CCN1CCN(c2ncnc3scc(-c4ccc5c(c4)OCO5)c23)CC1. The van der Waals surface area contributed by atoms with Crippen molar-refractivity contribution in [2.75, 3.05) is 44.4 Å². The molecule has 0 N–H and O–H groups in total. The molecule has 1 fully saturated rings. The second kappa shape index (κ2) is 6.41. The number of likely N-dealkylation sites (N-methyl/N-ethyl adjacent to an activating group) is 1. The molecule has 0 unspecified atom stereocenters. The van der Waals surface area contributed by atoms with Gasteiger partial charge in [-0.1, -0.05) is 13.0 Å². The third-order valence-corrected chi connectivity index (χ3v) is 6.04. The van der Waals surface area contributed by atoms with Crippen LogP contribution in [0.2, 0.25) is 0 Å². The van der Waals surface area contributed by atoms with Crippen LogP contribution in [0.25, 0.3) is 21.3 Å². The number of thiophene rings is 1. The quantitative estimate of drug-likeness (QED) is 0.707. The number of fused-ring (bicyclic) bond motifs is 2. The van der Waals surface area contributed by atoms with Crippen molar-refractivity contribution in [3.63, 3.8) is 0 Å². The average Bonchev–Trinajstić information content (AvgIpc) is 3.34. The first-order valence-electron chi connectivity index (χ1n) is 8.93. The Morgan fingerprint density at radius 2 is 1.92 bits per heavy atom. The van der Waals surface area contributed by atoms with Crippen LogP contribution in [0, 0.1) is 0 Å². The van der Waals surface area contributed by atoms with E-state index in [4.69, 9.17) is 9.47 Å². The van der Waals surface area contributed by atoms with Crippen LogP contribution in [-0.2, 0) is 0 Å². The van der Waals surface area contributed by atoms with Crippen molar-refractivity contribution >= 4 is 27.4 Å². The molecular formula is C19H20N4O2S. The van der Waals surface area contributed by atoms with E-state index < -0.39 is 0 Å². The summed E-state index contributed by atoms with van der Waals surface area (Å²) in [6.07, 6.45) is 1.68. The maximum absolute atomic E-state index is 5.55. The first kappa shape index (κ1) is 15.8. The van der Waals surface area contributed by atoms with Crippen LogP contribution in [0.4, 0.5) is 5.82 Å². The fraction of sp³-hybridized carbons (Fsp3) is 0.368. The van der Waals surface area contributed by atoms with Gasteiger partial charge in [-0.3, -0.25) is 0 Å². The molecule has 4 heterocycles. The van der Waals surface area contributed by atoms with Crippen molar-refractivity contribution in [1.29, 1.82) is 0 Å². The molecule has 0 saturated carbocycles. The minimum absolute atomic E-state index is 0.291. The molecule has 0 atom stereocenters. The molecule has 7 heteroatoms. The zero-order valence-corrected chi connectivity index (χ0v) is 15.5. The van der Waals surface area contributed by atoms with Gasteiger partial charge in [-0.2, -0.15) is 0 Å². The minimum atomic E-state index is 0.291. The second-order valence-corrected chi connectivity index (χ2v) is 7.37. The number of ether oxygens (including phenoxy) is 2. The normalized spacial score (nSPS) is 17.2. The summed E-state index contributed by atoms with van der Waals surface area (Å²) in [5.74, 6) is 2.65. The molecule has 2 aromatic heterocycles. The third kappa shape index (κ3) is 2.59. The molecule has 2 aliphatic rings. The summed E-state index contributed by atoms with van der Waals surface area (Å²) >= 11 is 1.67. The van der Waals surface area contributed by atoms with Crippen molar-refractivity contribution in [3.05, 3.63) is 29.9 Å². The lowest BCUT2D eigenvalue weighted by molar-refractivity contribution is 0.174. The van der Waals surface area contributed by atoms with Gasteiger partial charge < -0.3 is 19.3 Å². The van der Waals surface area contributed by atoms with Gasteiger partial charge in [0.25, 0.3) is 0 Å². The Labute approximate surface area is 156 Å². The van der Waals surface area contributed by atoms with Crippen LogP contribution in [0.15, 0.2) is 29.9 Å². The van der Waals surface area contributed by atoms with Crippen LogP contribution in [0.1, 0.15) is 6.92 Å². The predicted octanol–water partition coefficient (Wildman–Crippen LogP) is 3.23. The highest BCUT2D eigenvalue weighted by molar-refractivity contribution is 7.17. The molecule has 26 heavy (non-hydrogen) atoms. The van der Waals surface area contributed by atoms with E-state index in [-0.39, 0.29) is 0 Å². The summed E-state index contributed by atoms with van der Waals surface area (Å²) in [4.78, 5) is 15.1. The number of aromatic nitrogens is 2. The Bertz CT molecular complexity index is 950. The summed E-state index contributed by atoms with van der Waals surface area (Å²) < 4.78 is 11.0. The van der Waals surface area contributed by atoms with Gasteiger partial charge in [0.2, 0.25) is 6.79 Å². The molecule has 1 aromatic carbocycles. The summed E-state index contributed by atoms with van der Waals surface area (Å²) in [6.45, 7) is 7.76. The molecule has 134 valence electrons. The number of benzene rings is 1. The number of rotatable bonds is 3. The van der Waals surface area contributed by atoms with Crippen LogP contribution in [0.5, 0.6) is 11.5 Å². The lowest BCUT2D eigenvalue weighted by Crippen LogP contribution is -2.46. The van der Waals surface area contributed by atoms with E-state index in [2.05, 4.69) is 44.2 Å². The Balaban J connectivity index is 1.57. The molecule has 0 amide bonds. The Kier molecular flexibility index (Phi) is 3.90. The monoisotopic (exact) mass is 368 g/mol. The zero-order chi connectivity index (χ0) is 17.5. The van der Waals surface area contributed by atoms with Gasteiger partial charge in [0.05, 0.1) is 5.39 Å².